The molecule has 0 aliphatic heterocycles. The van der Waals surface area contributed by atoms with Crippen molar-refractivity contribution in [3.63, 3.8) is 0 Å². The SMILES string of the molecule is CNC(=O)c1ccc(C)c(Nc2nc(OCCCN(C)C)nc(N(C)CC(C)(C)C)c2C#N)c1. The van der Waals surface area contributed by atoms with Crippen LogP contribution in [0.1, 0.15) is 48.7 Å². The van der Waals surface area contributed by atoms with Crippen LogP contribution in [0.5, 0.6) is 6.01 Å². The summed E-state index contributed by atoms with van der Waals surface area (Å²) < 4.78 is 5.88. The highest BCUT2D eigenvalue weighted by molar-refractivity contribution is 5.95. The summed E-state index contributed by atoms with van der Waals surface area (Å²) in [6, 6.07) is 7.82. The Hall–Kier alpha value is -3.38. The quantitative estimate of drug-likeness (QED) is 0.511. The Balaban J connectivity index is 2.50. The maximum Gasteiger partial charge on any atom is 0.320 e. The second-order valence-corrected chi connectivity index (χ2v) is 9.82. The van der Waals surface area contributed by atoms with Crippen LogP contribution >= 0.6 is 0 Å². The predicted molar refractivity (Wildman–Crippen MR) is 136 cm³/mol. The van der Waals surface area contributed by atoms with Gasteiger partial charge in [0.1, 0.15) is 11.6 Å². The number of carbonyl (C=O) groups is 1. The number of hydrogen-bond acceptors (Lipinski definition) is 8. The molecule has 34 heavy (non-hydrogen) atoms. The molecule has 0 fully saturated rings. The van der Waals surface area contributed by atoms with E-state index < -0.39 is 0 Å². The lowest BCUT2D eigenvalue weighted by Gasteiger charge is -2.28. The van der Waals surface area contributed by atoms with Gasteiger partial charge in [-0.2, -0.15) is 15.2 Å². The Morgan fingerprint density at radius 3 is 2.50 bits per heavy atom. The van der Waals surface area contributed by atoms with E-state index in [1.54, 1.807) is 19.2 Å². The van der Waals surface area contributed by atoms with Crippen LogP contribution in [0.4, 0.5) is 17.3 Å². The molecule has 1 heterocycles. The number of benzene rings is 1. The van der Waals surface area contributed by atoms with Gasteiger partial charge in [0.2, 0.25) is 0 Å². The molecule has 184 valence electrons. The molecule has 0 radical (unpaired) electrons. The molecule has 0 saturated carbocycles. The molecule has 0 atom stereocenters. The molecule has 9 nitrogen and oxygen atoms in total. The summed E-state index contributed by atoms with van der Waals surface area (Å²) in [7, 11) is 7.51. The Kier molecular flexibility index (Phi) is 9.21. The highest BCUT2D eigenvalue weighted by Gasteiger charge is 2.23. The van der Waals surface area contributed by atoms with Gasteiger partial charge in [-0.05, 0) is 50.6 Å². The largest absolute Gasteiger partial charge is 0.463 e. The third kappa shape index (κ3) is 7.59. The Morgan fingerprint density at radius 2 is 1.91 bits per heavy atom. The normalized spacial score (nSPS) is 11.2. The molecule has 0 bridgehead atoms. The zero-order valence-electron chi connectivity index (χ0n) is 21.6. The van der Waals surface area contributed by atoms with E-state index >= 15 is 0 Å². The molecule has 2 aromatic rings. The molecule has 0 spiro atoms. The van der Waals surface area contributed by atoms with Gasteiger partial charge in [-0.3, -0.25) is 4.79 Å². The van der Waals surface area contributed by atoms with Crippen LogP contribution in [-0.4, -0.2) is 68.7 Å². The third-order valence-electron chi connectivity index (χ3n) is 5.02. The molecule has 1 amide bonds. The first-order valence-corrected chi connectivity index (χ1v) is 11.4. The van der Waals surface area contributed by atoms with E-state index in [0.717, 1.165) is 18.5 Å². The van der Waals surface area contributed by atoms with E-state index in [1.807, 2.05) is 39.0 Å². The number of carbonyl (C=O) groups excluding carboxylic acids is 1. The molecule has 0 saturated heterocycles. The molecular weight excluding hydrogens is 430 g/mol. The average Bonchev–Trinajstić information content (AvgIpc) is 2.76. The molecular formula is C25H37N7O2. The summed E-state index contributed by atoms with van der Waals surface area (Å²) in [5.74, 6) is 0.646. The van der Waals surface area contributed by atoms with E-state index in [-0.39, 0.29) is 17.3 Å². The number of nitriles is 1. The first-order chi connectivity index (χ1) is 15.9. The molecule has 1 aromatic heterocycles. The van der Waals surface area contributed by atoms with Gasteiger partial charge in [0.25, 0.3) is 5.91 Å². The zero-order chi connectivity index (χ0) is 25.5. The minimum Gasteiger partial charge on any atom is -0.463 e. The number of nitrogens with zero attached hydrogens (tertiary/aromatic N) is 5. The number of aryl methyl sites for hydroxylation is 1. The molecule has 2 rings (SSSR count). The first kappa shape index (κ1) is 26.9. The van der Waals surface area contributed by atoms with Crippen molar-refractivity contribution >= 4 is 23.2 Å². The van der Waals surface area contributed by atoms with E-state index in [0.29, 0.717) is 41.6 Å². The molecule has 1 aromatic carbocycles. The van der Waals surface area contributed by atoms with Crippen molar-refractivity contribution in [1.29, 1.82) is 5.26 Å². The number of nitrogens with one attached hydrogen (secondary N) is 2. The van der Waals surface area contributed by atoms with Crippen LogP contribution in [0.3, 0.4) is 0 Å². The Bertz CT molecular complexity index is 1040. The van der Waals surface area contributed by atoms with E-state index in [2.05, 4.69) is 52.3 Å². The molecule has 0 aliphatic carbocycles. The van der Waals surface area contributed by atoms with Gasteiger partial charge in [0, 0.05) is 38.4 Å². The average molecular weight is 468 g/mol. The van der Waals surface area contributed by atoms with E-state index in [9.17, 15) is 10.1 Å². The number of ether oxygens (including phenoxy) is 1. The lowest BCUT2D eigenvalue weighted by Crippen LogP contribution is -2.30. The van der Waals surface area contributed by atoms with Gasteiger partial charge in [-0.15, -0.1) is 0 Å². The van der Waals surface area contributed by atoms with Crippen LogP contribution in [0, 0.1) is 23.7 Å². The van der Waals surface area contributed by atoms with Gasteiger partial charge in [0.15, 0.2) is 11.6 Å². The summed E-state index contributed by atoms with van der Waals surface area (Å²) >= 11 is 0. The molecule has 2 N–H and O–H groups in total. The fourth-order valence-electron chi connectivity index (χ4n) is 3.46. The monoisotopic (exact) mass is 467 g/mol. The van der Waals surface area contributed by atoms with Crippen LogP contribution < -0.4 is 20.3 Å². The van der Waals surface area contributed by atoms with Crippen LogP contribution in [0.15, 0.2) is 18.2 Å². The topological polar surface area (TPSA) is 106 Å². The zero-order valence-corrected chi connectivity index (χ0v) is 21.6. The summed E-state index contributed by atoms with van der Waals surface area (Å²) in [4.78, 5) is 25.3. The second-order valence-electron chi connectivity index (χ2n) is 9.82. The number of hydrogen-bond donors (Lipinski definition) is 2. The van der Waals surface area contributed by atoms with Gasteiger partial charge in [0.05, 0.1) is 6.61 Å². The summed E-state index contributed by atoms with van der Waals surface area (Å²) in [6.07, 6.45) is 0.819. The first-order valence-electron chi connectivity index (χ1n) is 11.4. The number of rotatable bonds is 10. The standard InChI is InChI=1S/C25H37N7O2/c1-17-10-11-18(23(33)27-5)14-20(17)28-21-19(15-26)22(32(8)16-25(2,3)4)30-24(29-21)34-13-9-12-31(6)7/h10-11,14H,9,12-13,16H2,1-8H3,(H,27,33)(H,28,29,30). The fraction of sp³-hybridized carbons (Fsp3) is 0.520. The van der Waals surface area contributed by atoms with Crippen molar-refractivity contribution in [2.24, 2.45) is 5.41 Å². The van der Waals surface area contributed by atoms with Crippen molar-refractivity contribution in [3.05, 3.63) is 34.9 Å². The highest BCUT2D eigenvalue weighted by Crippen LogP contribution is 2.31. The van der Waals surface area contributed by atoms with E-state index in [1.165, 1.54) is 0 Å². The van der Waals surface area contributed by atoms with E-state index in [4.69, 9.17) is 4.74 Å². The Labute approximate surface area is 203 Å². The highest BCUT2D eigenvalue weighted by atomic mass is 16.5. The Morgan fingerprint density at radius 1 is 1.21 bits per heavy atom. The summed E-state index contributed by atoms with van der Waals surface area (Å²) in [5.41, 5.74) is 2.41. The lowest BCUT2D eigenvalue weighted by atomic mass is 9.96. The van der Waals surface area contributed by atoms with Crippen LogP contribution in [0.25, 0.3) is 0 Å². The molecule has 0 aliphatic rings. The number of aromatic nitrogens is 2. The van der Waals surface area contributed by atoms with Gasteiger partial charge < -0.3 is 25.2 Å². The second kappa shape index (κ2) is 11.7. The van der Waals surface area contributed by atoms with Crippen molar-refractivity contribution in [1.82, 2.24) is 20.2 Å². The third-order valence-corrected chi connectivity index (χ3v) is 5.02. The van der Waals surface area contributed by atoms with Gasteiger partial charge in [-0.1, -0.05) is 26.8 Å². The van der Waals surface area contributed by atoms with Crippen molar-refractivity contribution in [3.8, 4) is 12.1 Å². The maximum absolute atomic E-state index is 12.1. The van der Waals surface area contributed by atoms with Gasteiger partial charge in [-0.25, -0.2) is 0 Å². The summed E-state index contributed by atoms with van der Waals surface area (Å²) in [5, 5.41) is 15.9. The van der Waals surface area contributed by atoms with Gasteiger partial charge >= 0.3 is 6.01 Å². The number of amides is 1. The summed E-state index contributed by atoms with van der Waals surface area (Å²) in [6.45, 7) is 10.3. The van der Waals surface area contributed by atoms with Crippen molar-refractivity contribution in [2.75, 3.05) is 58.1 Å². The molecule has 0 unspecified atom stereocenters. The van der Waals surface area contributed by atoms with Crippen LogP contribution in [-0.2, 0) is 0 Å². The maximum atomic E-state index is 12.1. The number of anilines is 3. The smallest absolute Gasteiger partial charge is 0.320 e. The lowest BCUT2D eigenvalue weighted by molar-refractivity contribution is 0.0963. The minimum atomic E-state index is -0.193. The minimum absolute atomic E-state index is 0.00875. The fourth-order valence-corrected chi connectivity index (χ4v) is 3.46. The molecule has 9 heteroatoms. The van der Waals surface area contributed by atoms with Crippen molar-refractivity contribution in [2.45, 2.75) is 34.1 Å². The van der Waals surface area contributed by atoms with Crippen molar-refractivity contribution < 1.29 is 9.53 Å². The predicted octanol–water partition coefficient (Wildman–Crippen LogP) is 3.57. The van der Waals surface area contributed by atoms with Crippen LogP contribution in [0.2, 0.25) is 0 Å².